The van der Waals surface area contributed by atoms with Crippen LogP contribution >= 0.6 is 0 Å². The Kier molecular flexibility index (Phi) is 32.8. The van der Waals surface area contributed by atoms with Crippen molar-refractivity contribution in [3.05, 3.63) is 191 Å². The molecule has 2 aliphatic rings. The van der Waals surface area contributed by atoms with Crippen LogP contribution in [0, 0.1) is 78.6 Å². The van der Waals surface area contributed by atoms with Crippen molar-refractivity contribution in [2.45, 2.75) is 298 Å². The highest BCUT2D eigenvalue weighted by Crippen LogP contribution is 2.40. The summed E-state index contributed by atoms with van der Waals surface area (Å²) in [4.78, 5) is 82.3. The number of phenols is 2. The van der Waals surface area contributed by atoms with Crippen LogP contribution in [0.5, 0.6) is 17.2 Å². The van der Waals surface area contributed by atoms with Gasteiger partial charge in [0.25, 0.3) is 35.4 Å². The predicted octanol–water partition coefficient (Wildman–Crippen LogP) is 17.5. The first-order valence-corrected chi connectivity index (χ1v) is 40.6. The number of nitrogens with zero attached hydrogens (tertiary/aromatic N) is 3. The molecule has 2 aliphatic heterocycles. The number of nitrogens with one attached hydrogen (secondary N) is 3. The molecular formula is C90H131B3N6O14. The molecule has 20 nitrogen and oxygen atoms in total. The van der Waals surface area contributed by atoms with Crippen molar-refractivity contribution in [3.63, 3.8) is 0 Å². The van der Waals surface area contributed by atoms with Crippen LogP contribution in [-0.2, 0) is 28.6 Å². The second-order valence-corrected chi connectivity index (χ2v) is 35.6. The van der Waals surface area contributed by atoms with Gasteiger partial charge >= 0.3 is 21.4 Å². The molecule has 8 N–H and O–H groups in total. The Morgan fingerprint density at radius 1 is 0.487 bits per heavy atom. The zero-order valence-electron chi connectivity index (χ0n) is 72.5. The van der Waals surface area contributed by atoms with Crippen molar-refractivity contribution in [2.24, 2.45) is 16.2 Å². The van der Waals surface area contributed by atoms with Crippen LogP contribution in [0.3, 0.4) is 0 Å². The number of aryl methyl sites for hydroxylation is 9. The number of carbonyl (C=O) groups excluding carboxylic acids is 6. The highest BCUT2D eigenvalue weighted by molar-refractivity contribution is 6.45. The Hall–Kier alpha value is -8.47. The number of hydrazine groups is 3. The summed E-state index contributed by atoms with van der Waals surface area (Å²) in [7, 11) is -2.56. The van der Waals surface area contributed by atoms with E-state index in [1.54, 1.807) is 44.2 Å². The first-order chi connectivity index (χ1) is 52.5. The SMILES string of the molecule is CCC[C@@H](N(NC(=O)c1ccc(CCCB(O)O)c(O)c1C)C(=O)c1cc(C)cc(C)c1)C(C)(C)C.CCC[C@@H](N(NC(=O)c1ccc(CCCB2OC(C)(C)C(C)(C)O2)c(O)c1C)C(=O)c1cc(C)cc(C)c1)C(C)(C)C.CCC[C@@H](N(NC(=O)c1ccc2c(c1C)OB(O)CCC2)C(=O)c1cc(C)cc(C)c1)C(C)(C)C. The molecule has 8 rings (SSSR count). The van der Waals surface area contributed by atoms with Gasteiger partial charge in [-0.2, -0.15) is 0 Å². The van der Waals surface area contributed by atoms with Crippen LogP contribution < -0.4 is 20.9 Å². The fraction of sp³-hybridized carbons (Fsp3) is 0.533. The van der Waals surface area contributed by atoms with Crippen molar-refractivity contribution in [1.82, 2.24) is 31.3 Å². The van der Waals surface area contributed by atoms with Crippen LogP contribution in [0.2, 0.25) is 19.0 Å². The molecule has 0 aromatic heterocycles. The molecule has 1 fully saturated rings. The zero-order valence-corrected chi connectivity index (χ0v) is 72.5. The van der Waals surface area contributed by atoms with E-state index in [-0.39, 0.29) is 99.7 Å². The highest BCUT2D eigenvalue weighted by Gasteiger charge is 2.51. The molecule has 0 spiro atoms. The molecule has 0 bridgehead atoms. The van der Waals surface area contributed by atoms with Gasteiger partial charge < -0.3 is 39.2 Å². The van der Waals surface area contributed by atoms with E-state index >= 15 is 0 Å². The fourth-order valence-corrected chi connectivity index (χ4v) is 15.1. The number of fused-ring (bicyclic) bond motifs is 1. The first-order valence-electron chi connectivity index (χ1n) is 40.6. The maximum absolute atomic E-state index is 13.9. The number of hydrogen-bond donors (Lipinski definition) is 8. The van der Waals surface area contributed by atoms with Gasteiger partial charge in [0.1, 0.15) is 17.2 Å². The lowest BCUT2D eigenvalue weighted by Gasteiger charge is -2.40. The van der Waals surface area contributed by atoms with Gasteiger partial charge in [-0.25, -0.2) is 15.0 Å². The van der Waals surface area contributed by atoms with Crippen molar-refractivity contribution in [2.75, 3.05) is 0 Å². The minimum absolute atomic E-state index is 0.00296. The quantitative estimate of drug-likeness (QED) is 0.0219. The maximum atomic E-state index is 13.9. The molecule has 6 aromatic rings. The topological polar surface area (TPSA) is 277 Å². The van der Waals surface area contributed by atoms with Crippen LogP contribution in [0.1, 0.15) is 297 Å². The molecule has 1 saturated heterocycles. The summed E-state index contributed by atoms with van der Waals surface area (Å²) in [5, 5.41) is 54.5. The molecular weight excluding hydrogens is 1420 g/mol. The van der Waals surface area contributed by atoms with Gasteiger partial charge in [0.05, 0.1) is 29.3 Å². The lowest BCUT2D eigenvalue weighted by molar-refractivity contribution is 0.00578. The molecule has 0 aliphatic carbocycles. The van der Waals surface area contributed by atoms with Gasteiger partial charge in [0.15, 0.2) is 0 Å². The summed E-state index contributed by atoms with van der Waals surface area (Å²) >= 11 is 0. The van der Waals surface area contributed by atoms with E-state index in [9.17, 15) is 44.0 Å². The predicted molar refractivity (Wildman–Crippen MR) is 454 cm³/mol. The number of phenolic OH excluding ortho intramolecular Hbond substituents is 2. The molecule has 614 valence electrons. The molecule has 3 atom stereocenters. The number of carbonyl (C=O) groups is 6. The molecule has 0 unspecified atom stereocenters. The third kappa shape index (κ3) is 25.0. The lowest BCUT2D eigenvalue weighted by Crippen LogP contribution is -2.56. The Labute approximate surface area is 675 Å². The van der Waals surface area contributed by atoms with E-state index in [1.807, 2.05) is 137 Å². The van der Waals surface area contributed by atoms with E-state index in [0.717, 1.165) is 95.9 Å². The summed E-state index contributed by atoms with van der Waals surface area (Å²) in [5.41, 5.74) is 19.7. The standard InChI is InChI=1S/C34H51BN2O5.C28H41BN2O5.C28H39BN2O4/c1-12-14-28(32(5,6)7)37(31(40)26-20-22(2)19-23(3)21-26)36-30(39)27-17-16-25(29(38)24(27)4)15-13-18-35-41-33(8,9)34(10,11)42-35;1-8-10-24(28(5,6)7)31(27(34)22-16-18(2)15-19(3)17-22)30-26(33)23-13-12-21(25(32)20(23)4)11-9-14-29(35)36;1-8-10-24(28(5,6)7)31(27(33)22-16-18(2)15-19(3)17-22)30-26(32)23-13-12-21-11-9-14-29(34)35-25(21)20(23)4/h16-17,19-21,28,38H,12-15,18H2,1-11H3,(H,36,39);12-13,15-17,24,32,35-36H,8-11,14H2,1-7H3,(H,30,33);12-13,15-17,24,34H,8-11,14H2,1-7H3,(H,30,32)/t28-;2*24-/m111/s1. The maximum Gasteiger partial charge on any atom is 0.522 e. The van der Waals surface area contributed by atoms with Crippen molar-refractivity contribution in [3.8, 4) is 17.2 Å². The van der Waals surface area contributed by atoms with Crippen LogP contribution in [0.25, 0.3) is 0 Å². The number of benzene rings is 6. The largest absolute Gasteiger partial charge is 0.536 e. The third-order valence-electron chi connectivity index (χ3n) is 21.8. The van der Waals surface area contributed by atoms with E-state index in [2.05, 4.69) is 99.4 Å². The lowest BCUT2D eigenvalue weighted by atomic mass is 9.81. The number of amides is 6. The summed E-state index contributed by atoms with van der Waals surface area (Å²) in [5.74, 6) is -1.33. The number of hydrogen-bond acceptors (Lipinski definition) is 14. The Morgan fingerprint density at radius 2 is 0.805 bits per heavy atom. The minimum atomic E-state index is -1.39. The molecule has 2 heterocycles. The van der Waals surface area contributed by atoms with Crippen molar-refractivity contribution in [1.29, 1.82) is 0 Å². The average molecular weight is 1550 g/mol. The van der Waals surface area contributed by atoms with E-state index in [4.69, 9.17) is 24.0 Å². The molecule has 6 aromatic carbocycles. The first kappa shape index (κ1) is 93.4. The Morgan fingerprint density at radius 3 is 1.12 bits per heavy atom. The van der Waals surface area contributed by atoms with E-state index in [1.165, 1.54) is 15.0 Å². The van der Waals surface area contributed by atoms with E-state index < -0.39 is 26.1 Å². The number of aromatic hydroxyl groups is 2. The van der Waals surface area contributed by atoms with Crippen LogP contribution in [0.15, 0.2) is 91.0 Å². The summed E-state index contributed by atoms with van der Waals surface area (Å²) in [6.45, 7) is 50.0. The van der Waals surface area contributed by atoms with Crippen LogP contribution in [0.4, 0.5) is 0 Å². The minimum Gasteiger partial charge on any atom is -0.536 e. The Bertz CT molecular complexity index is 4250. The van der Waals surface area contributed by atoms with Gasteiger partial charge in [-0.15, -0.1) is 0 Å². The van der Waals surface area contributed by atoms with Gasteiger partial charge in [-0.1, -0.05) is 185 Å². The summed E-state index contributed by atoms with van der Waals surface area (Å²) in [6.07, 6.45) is 10.1. The average Bonchev–Trinajstić information content (AvgIpc) is 1.71. The van der Waals surface area contributed by atoms with Gasteiger partial charge in [0.2, 0.25) is 0 Å². The Balaban J connectivity index is 0.000000265. The molecule has 6 amide bonds. The molecule has 0 saturated carbocycles. The number of rotatable bonds is 23. The smallest absolute Gasteiger partial charge is 0.522 e. The third-order valence-corrected chi connectivity index (χ3v) is 21.8. The summed E-state index contributed by atoms with van der Waals surface area (Å²) in [6, 6.07) is 27.0. The normalized spacial score (nSPS) is 14.6. The molecule has 113 heavy (non-hydrogen) atoms. The van der Waals surface area contributed by atoms with Crippen molar-refractivity contribution >= 4 is 56.8 Å². The fourth-order valence-electron chi connectivity index (χ4n) is 15.1. The van der Waals surface area contributed by atoms with Crippen LogP contribution in [-0.4, -0.2) is 126 Å². The highest BCUT2D eigenvalue weighted by atomic mass is 16.7. The summed E-state index contributed by atoms with van der Waals surface area (Å²) < 4.78 is 18.0. The van der Waals surface area contributed by atoms with Crippen molar-refractivity contribution < 1.29 is 68.0 Å². The van der Waals surface area contributed by atoms with E-state index in [0.29, 0.717) is 94.1 Å². The monoisotopic (exact) mass is 1550 g/mol. The second kappa shape index (κ2) is 39.7. The zero-order chi connectivity index (χ0) is 84.7. The van der Waals surface area contributed by atoms with Gasteiger partial charge in [-0.3, -0.25) is 45.0 Å². The van der Waals surface area contributed by atoms with Gasteiger partial charge in [0, 0.05) is 50.1 Å². The molecule has 23 heteroatoms. The van der Waals surface area contributed by atoms with Gasteiger partial charge in [-0.05, 0) is 241 Å². The second-order valence-electron chi connectivity index (χ2n) is 35.6. The molecule has 0 radical (unpaired) electrons.